The first-order valence-electron chi connectivity index (χ1n) is 9.59. The van der Waals surface area contributed by atoms with Gasteiger partial charge in [-0.25, -0.2) is 0 Å². The molecule has 0 unspecified atom stereocenters. The molecule has 7 heteroatoms. The second-order valence-corrected chi connectivity index (χ2v) is 7.59. The molecule has 0 bridgehead atoms. The summed E-state index contributed by atoms with van der Waals surface area (Å²) in [5, 5.41) is 11.6. The van der Waals surface area contributed by atoms with Gasteiger partial charge in [0.2, 0.25) is 6.04 Å². The van der Waals surface area contributed by atoms with Gasteiger partial charge in [-0.15, -0.1) is 0 Å². The van der Waals surface area contributed by atoms with Gasteiger partial charge in [0.15, 0.2) is 0 Å². The molecule has 148 valence electrons. The van der Waals surface area contributed by atoms with Gasteiger partial charge in [-0.1, -0.05) is 30.3 Å². The summed E-state index contributed by atoms with van der Waals surface area (Å²) < 4.78 is 10.6. The number of morpholine rings is 1. The largest absolute Gasteiger partial charge is 0.468 e. The van der Waals surface area contributed by atoms with E-state index in [0.717, 1.165) is 12.0 Å². The van der Waals surface area contributed by atoms with Gasteiger partial charge < -0.3 is 9.47 Å². The van der Waals surface area contributed by atoms with Crippen molar-refractivity contribution in [2.75, 3.05) is 33.4 Å². The van der Waals surface area contributed by atoms with E-state index in [0.29, 0.717) is 39.1 Å². The molecule has 1 saturated carbocycles. The molecule has 0 spiro atoms. The van der Waals surface area contributed by atoms with Crippen LogP contribution in [0.5, 0.6) is 0 Å². The lowest BCUT2D eigenvalue weighted by Crippen LogP contribution is -2.57. The highest BCUT2D eigenvalue weighted by atomic mass is 16.6. The number of rotatable bonds is 6. The molecule has 7 nitrogen and oxygen atoms in total. The zero-order valence-electron chi connectivity index (χ0n) is 16.0. The number of methoxy groups -OCH3 is 1. The predicted octanol–water partition coefficient (Wildman–Crippen LogP) is 2.48. The van der Waals surface area contributed by atoms with Gasteiger partial charge >= 0.3 is 5.97 Å². The van der Waals surface area contributed by atoms with E-state index in [1.165, 1.54) is 7.11 Å². The van der Waals surface area contributed by atoms with Gasteiger partial charge in [-0.2, -0.15) is 0 Å². The van der Waals surface area contributed by atoms with Crippen LogP contribution in [-0.2, 0) is 14.3 Å². The number of benzene rings is 1. The van der Waals surface area contributed by atoms with Crippen LogP contribution in [-0.4, -0.2) is 60.8 Å². The van der Waals surface area contributed by atoms with Crippen LogP contribution >= 0.6 is 0 Å². The zero-order chi connectivity index (χ0) is 19.4. The van der Waals surface area contributed by atoms with Gasteiger partial charge in [0, 0.05) is 24.9 Å². The number of esters is 1. The third-order valence-electron chi connectivity index (χ3n) is 6.25. The molecule has 0 radical (unpaired) electrons. The van der Waals surface area contributed by atoms with Crippen molar-refractivity contribution in [2.45, 2.75) is 43.7 Å². The average molecular weight is 376 g/mol. The fourth-order valence-corrected chi connectivity index (χ4v) is 4.90. The van der Waals surface area contributed by atoms with Crippen LogP contribution in [0.15, 0.2) is 30.3 Å². The third-order valence-corrected chi connectivity index (χ3v) is 6.25. The highest BCUT2D eigenvalue weighted by molar-refractivity contribution is 5.81. The maximum absolute atomic E-state index is 12.8. The first-order valence-corrected chi connectivity index (χ1v) is 9.59. The normalized spacial score (nSPS) is 28.4. The van der Waals surface area contributed by atoms with Crippen LogP contribution in [0, 0.1) is 16.0 Å². The summed E-state index contributed by atoms with van der Waals surface area (Å²) in [6.07, 6.45) is 2.01. The van der Waals surface area contributed by atoms with Gasteiger partial charge in [-0.05, 0) is 30.7 Å². The minimum atomic E-state index is -0.712. The number of carbonyl (C=O) groups excluding carboxylic acids is 1. The van der Waals surface area contributed by atoms with Crippen molar-refractivity contribution < 1.29 is 19.2 Å². The highest BCUT2D eigenvalue weighted by Crippen LogP contribution is 2.47. The minimum absolute atomic E-state index is 0.0507. The number of nitrogens with zero attached hydrogens (tertiary/aromatic N) is 2. The lowest BCUT2D eigenvalue weighted by atomic mass is 9.79. The molecule has 2 fully saturated rings. The lowest BCUT2D eigenvalue weighted by molar-refractivity contribution is -0.524. The Morgan fingerprint density at radius 2 is 2.00 bits per heavy atom. The Morgan fingerprint density at radius 3 is 2.59 bits per heavy atom. The molecule has 0 aromatic heterocycles. The van der Waals surface area contributed by atoms with Crippen molar-refractivity contribution in [3.05, 3.63) is 46.0 Å². The molecule has 1 saturated heterocycles. The second kappa shape index (κ2) is 8.35. The Kier molecular flexibility index (Phi) is 6.11. The molecular weight excluding hydrogens is 348 g/mol. The van der Waals surface area contributed by atoms with Crippen LogP contribution in [0.1, 0.15) is 37.7 Å². The molecule has 2 aliphatic rings. The lowest BCUT2D eigenvalue weighted by Gasteiger charge is -2.41. The number of ether oxygens (including phenoxy) is 2. The van der Waals surface area contributed by atoms with Crippen molar-refractivity contribution in [1.29, 1.82) is 0 Å². The zero-order valence-corrected chi connectivity index (χ0v) is 16.0. The van der Waals surface area contributed by atoms with E-state index in [2.05, 4.69) is 4.90 Å². The summed E-state index contributed by atoms with van der Waals surface area (Å²) in [5.41, 5.74) is 0.265. The van der Waals surface area contributed by atoms with E-state index >= 15 is 0 Å². The Hall–Kier alpha value is -1.99. The Labute approximate surface area is 159 Å². The molecule has 1 heterocycles. The van der Waals surface area contributed by atoms with E-state index in [1.54, 1.807) is 6.92 Å². The molecule has 27 heavy (non-hydrogen) atoms. The summed E-state index contributed by atoms with van der Waals surface area (Å²) in [5.74, 6) is -0.406. The Bertz CT molecular complexity index is 662. The van der Waals surface area contributed by atoms with Crippen LogP contribution in [0.3, 0.4) is 0 Å². The number of hydrogen-bond acceptors (Lipinski definition) is 6. The topological polar surface area (TPSA) is 81.9 Å². The molecule has 1 aliphatic heterocycles. The highest BCUT2D eigenvalue weighted by Gasteiger charge is 2.54. The fraction of sp³-hybridized carbons (Fsp3) is 0.650. The quantitative estimate of drug-likeness (QED) is 0.431. The van der Waals surface area contributed by atoms with Crippen LogP contribution < -0.4 is 0 Å². The summed E-state index contributed by atoms with van der Waals surface area (Å²) >= 11 is 0. The van der Waals surface area contributed by atoms with Crippen molar-refractivity contribution in [3.8, 4) is 0 Å². The van der Waals surface area contributed by atoms with Crippen LogP contribution in [0.25, 0.3) is 0 Å². The maximum Gasteiger partial charge on any atom is 0.326 e. The average Bonchev–Trinajstić information content (AvgIpc) is 3.15. The molecule has 3 rings (SSSR count). The molecule has 1 aliphatic carbocycles. The first kappa shape index (κ1) is 19.8. The van der Waals surface area contributed by atoms with Crippen molar-refractivity contribution in [1.82, 2.24) is 4.90 Å². The summed E-state index contributed by atoms with van der Waals surface area (Å²) in [6.45, 7) is 4.23. The summed E-state index contributed by atoms with van der Waals surface area (Å²) in [7, 11) is 1.42. The summed E-state index contributed by atoms with van der Waals surface area (Å²) in [6, 6.07) is 8.95. The standard InChI is InChI=1S/C20H28N2O5/c1-15(22(24)25)18(16-6-4-3-5-7-16)17-8-9-20(14-17,19(23)26-2)21-10-12-27-13-11-21/h3-7,15,17-18H,8-14H2,1-2H3/t15-,17+,18-,20+/m0/s1. The third kappa shape index (κ3) is 3.84. The van der Waals surface area contributed by atoms with Gasteiger partial charge in [-0.3, -0.25) is 19.8 Å². The molecule has 1 aromatic carbocycles. The van der Waals surface area contributed by atoms with E-state index in [1.807, 2.05) is 30.3 Å². The molecular formula is C20H28N2O5. The Balaban J connectivity index is 1.91. The van der Waals surface area contributed by atoms with E-state index in [-0.39, 0.29) is 22.7 Å². The maximum atomic E-state index is 12.8. The SMILES string of the molecule is COC(=O)[C@@]1(N2CCOCC2)CC[C@@H]([C@H](c2ccccc2)[C@H](C)[N+](=O)[O-])C1. The fourth-order valence-electron chi connectivity index (χ4n) is 4.90. The van der Waals surface area contributed by atoms with Gasteiger partial charge in [0.05, 0.1) is 26.2 Å². The van der Waals surface area contributed by atoms with Crippen LogP contribution in [0.4, 0.5) is 0 Å². The molecule has 0 N–H and O–H groups in total. The van der Waals surface area contributed by atoms with Crippen molar-refractivity contribution in [3.63, 3.8) is 0 Å². The molecule has 0 amide bonds. The van der Waals surface area contributed by atoms with Crippen LogP contribution in [0.2, 0.25) is 0 Å². The van der Waals surface area contributed by atoms with E-state index < -0.39 is 11.6 Å². The number of hydrogen-bond donors (Lipinski definition) is 0. The summed E-state index contributed by atoms with van der Waals surface area (Å²) in [4.78, 5) is 26.4. The smallest absolute Gasteiger partial charge is 0.326 e. The van der Waals surface area contributed by atoms with E-state index in [4.69, 9.17) is 9.47 Å². The minimum Gasteiger partial charge on any atom is -0.468 e. The van der Waals surface area contributed by atoms with Gasteiger partial charge in [0.1, 0.15) is 5.54 Å². The predicted molar refractivity (Wildman–Crippen MR) is 100 cm³/mol. The second-order valence-electron chi connectivity index (χ2n) is 7.59. The van der Waals surface area contributed by atoms with Crippen molar-refractivity contribution in [2.24, 2.45) is 5.92 Å². The van der Waals surface area contributed by atoms with Gasteiger partial charge in [0.25, 0.3) is 0 Å². The first-order chi connectivity index (χ1) is 13.0. The molecule has 4 atom stereocenters. The van der Waals surface area contributed by atoms with E-state index in [9.17, 15) is 14.9 Å². The number of carbonyl (C=O) groups is 1. The Morgan fingerprint density at radius 1 is 1.33 bits per heavy atom. The monoisotopic (exact) mass is 376 g/mol. The van der Waals surface area contributed by atoms with Crippen molar-refractivity contribution >= 4 is 5.97 Å². The number of nitro groups is 1. The molecule has 1 aromatic rings.